The number of aromatic nitrogens is 5. The summed E-state index contributed by atoms with van der Waals surface area (Å²) in [5.74, 6) is 12.5. The molecule has 0 unspecified atom stereocenters. The first-order valence-electron chi connectivity index (χ1n) is 15.9. The van der Waals surface area contributed by atoms with Crippen molar-refractivity contribution in [2.75, 3.05) is 48.5 Å². The van der Waals surface area contributed by atoms with Gasteiger partial charge in [-0.2, -0.15) is 5.10 Å². The lowest BCUT2D eigenvalue weighted by molar-refractivity contribution is -0.671. The molecule has 6 N–H and O–H groups in total. The summed E-state index contributed by atoms with van der Waals surface area (Å²) >= 11 is 0. The van der Waals surface area contributed by atoms with Gasteiger partial charge >= 0.3 is 11.9 Å². The summed E-state index contributed by atoms with van der Waals surface area (Å²) in [7, 11) is 11.6. The van der Waals surface area contributed by atoms with Gasteiger partial charge in [-0.3, -0.25) is 16.7 Å². The van der Waals surface area contributed by atoms with E-state index in [9.17, 15) is 0 Å². The van der Waals surface area contributed by atoms with Gasteiger partial charge in [0.05, 0.1) is 38.4 Å². The van der Waals surface area contributed by atoms with Crippen LogP contribution in [0, 0.1) is 0 Å². The summed E-state index contributed by atoms with van der Waals surface area (Å²) < 4.78 is 8.41. The first kappa shape index (κ1) is 36.9. The number of nitrogen functional groups attached to an aromatic ring is 3. The van der Waals surface area contributed by atoms with Crippen LogP contribution in [-0.4, -0.2) is 36.7 Å². The zero-order valence-corrected chi connectivity index (χ0v) is 29.8. The van der Waals surface area contributed by atoms with Crippen LogP contribution in [0.1, 0.15) is 5.56 Å². The molecule has 3 aromatic carbocycles. The molecular weight excluding hydrogens is 643 g/mol. The minimum absolute atomic E-state index is 0.567. The average molecular weight is 689 g/mol. The summed E-state index contributed by atoms with van der Waals surface area (Å²) in [6, 6.07) is 29.1. The first-order valence-corrected chi connectivity index (χ1v) is 15.9. The standard InChI is InChI=1S/C14H16N3.C12H17N6.C10H12N6/c1-16-10-8-13(9-11-16)12-15-17(2)14-6-4-3-5-7-14;1-16(2)11-6-4-10(5-7-11)14-15-12-17(3)8-9-18(12)13;1-15-6-7-16(12)10(15)14-13-9-4-2-8(11)3-5-9/h3-12H,1-2H3;4-9H,13H2,1-3H3;2-7,11H,12H2,1H3/q2*+1;/p+1. The maximum atomic E-state index is 5.70. The molecule has 3 aromatic heterocycles. The smallest absolute Gasteiger partial charge is 0.399 e. The average Bonchev–Trinajstić information content (AvgIpc) is 3.64. The number of anilines is 3. The van der Waals surface area contributed by atoms with Gasteiger partial charge in [-0.25, -0.2) is 13.7 Å². The zero-order chi connectivity index (χ0) is 36.8. The molecule has 15 nitrogen and oxygen atoms in total. The number of nitrogens with two attached hydrogens (primary N) is 3. The molecular formula is C36H46N15+3. The number of pyridine rings is 1. The number of hydrogen-bond acceptors (Lipinski definition) is 10. The lowest BCUT2D eigenvalue weighted by atomic mass is 10.3. The Morgan fingerprint density at radius 1 is 0.588 bits per heavy atom. The Labute approximate surface area is 298 Å². The fraction of sp³-hybridized carbons (Fsp3) is 0.167. The van der Waals surface area contributed by atoms with Crippen molar-refractivity contribution in [3.05, 3.63) is 134 Å². The lowest BCUT2D eigenvalue weighted by Gasteiger charge is -2.11. The number of hydrazone groups is 1. The molecule has 0 amide bonds. The van der Waals surface area contributed by atoms with Crippen LogP contribution in [0.15, 0.2) is 154 Å². The van der Waals surface area contributed by atoms with Crippen molar-refractivity contribution in [3.63, 3.8) is 0 Å². The minimum Gasteiger partial charge on any atom is -0.399 e. The van der Waals surface area contributed by atoms with Gasteiger partial charge < -0.3 is 10.6 Å². The molecule has 51 heavy (non-hydrogen) atoms. The monoisotopic (exact) mass is 688 g/mol. The number of rotatable bonds is 8. The Hall–Kier alpha value is -6.90. The molecule has 262 valence electrons. The van der Waals surface area contributed by atoms with Gasteiger partial charge in [-0.15, -0.1) is 9.35 Å². The summed E-state index contributed by atoms with van der Waals surface area (Å²) in [6.07, 6.45) is 12.9. The third kappa shape index (κ3) is 11.3. The van der Waals surface area contributed by atoms with Crippen molar-refractivity contribution >= 4 is 46.5 Å². The van der Waals surface area contributed by atoms with Crippen molar-refractivity contribution in [3.8, 4) is 0 Å². The second-order valence-electron chi connectivity index (χ2n) is 11.5. The molecule has 6 aromatic rings. The molecule has 0 aliphatic carbocycles. The lowest BCUT2D eigenvalue weighted by Crippen LogP contribution is -2.26. The second kappa shape index (κ2) is 18.0. The van der Waals surface area contributed by atoms with Crippen LogP contribution in [-0.2, 0) is 21.1 Å². The fourth-order valence-electron chi connectivity index (χ4n) is 4.24. The number of nitrogens with zero attached hydrogens (tertiary/aromatic N) is 12. The molecule has 15 heteroatoms. The fourth-order valence-corrected chi connectivity index (χ4v) is 4.24. The van der Waals surface area contributed by atoms with Crippen molar-refractivity contribution in [1.29, 1.82) is 0 Å². The van der Waals surface area contributed by atoms with Crippen LogP contribution in [0.4, 0.5) is 40.3 Å². The molecule has 0 saturated carbocycles. The molecule has 3 heterocycles. The third-order valence-corrected chi connectivity index (χ3v) is 7.28. The Morgan fingerprint density at radius 2 is 1.08 bits per heavy atom. The van der Waals surface area contributed by atoms with E-state index in [-0.39, 0.29) is 0 Å². The SMILES string of the molecule is CN(C)c1ccc(N=Nc2n(N)cc[n+]2C)cc1.CN(N=Cc1cc[n+](C)cc1)c1ccccc1.C[n+]1ccn(N)c1N=Nc1ccc(N)cc1. The number of imidazole rings is 2. The quantitative estimate of drug-likeness (QED) is 0.0533. The molecule has 0 atom stereocenters. The van der Waals surface area contributed by atoms with Gasteiger partial charge in [-0.1, -0.05) is 28.4 Å². The summed E-state index contributed by atoms with van der Waals surface area (Å²) in [4.78, 5) is 2.03. The highest BCUT2D eigenvalue weighted by Gasteiger charge is 2.12. The Bertz CT molecular complexity index is 1990. The molecule has 0 spiro atoms. The van der Waals surface area contributed by atoms with E-state index < -0.39 is 0 Å². The van der Waals surface area contributed by atoms with Crippen molar-refractivity contribution in [1.82, 2.24) is 9.35 Å². The molecule has 0 aliphatic rings. The number of aryl methyl sites for hydroxylation is 3. The van der Waals surface area contributed by atoms with Gasteiger partial charge in [0.2, 0.25) is 0 Å². The molecule has 0 saturated heterocycles. The van der Waals surface area contributed by atoms with Crippen molar-refractivity contribution in [2.24, 2.45) is 46.7 Å². The Balaban J connectivity index is 0.000000172. The predicted octanol–water partition coefficient (Wildman–Crippen LogP) is 4.51. The van der Waals surface area contributed by atoms with Gasteiger partial charge in [0.15, 0.2) is 12.4 Å². The van der Waals surface area contributed by atoms with Gasteiger partial charge in [0.1, 0.15) is 30.8 Å². The molecule has 0 aliphatic heterocycles. The number of benzene rings is 3. The highest BCUT2D eigenvalue weighted by atomic mass is 15.4. The molecule has 0 bridgehead atoms. The molecule has 0 fully saturated rings. The first-order chi connectivity index (χ1) is 24.5. The van der Waals surface area contributed by atoms with Crippen molar-refractivity contribution in [2.45, 2.75) is 0 Å². The maximum Gasteiger partial charge on any atom is 0.442 e. The van der Waals surface area contributed by atoms with Gasteiger partial charge in [-0.05, 0) is 60.7 Å². The van der Waals surface area contributed by atoms with Crippen LogP contribution in [0.25, 0.3) is 0 Å². The van der Waals surface area contributed by atoms with Gasteiger partial charge in [0, 0.05) is 60.4 Å². The van der Waals surface area contributed by atoms with E-state index in [1.165, 1.54) is 9.35 Å². The van der Waals surface area contributed by atoms with E-state index >= 15 is 0 Å². The van der Waals surface area contributed by atoms with Crippen LogP contribution in [0.5, 0.6) is 0 Å². The number of para-hydroxylation sites is 1. The van der Waals surface area contributed by atoms with E-state index in [2.05, 4.69) is 25.6 Å². The van der Waals surface area contributed by atoms with E-state index in [0.717, 1.165) is 28.3 Å². The van der Waals surface area contributed by atoms with E-state index in [1.807, 2.05) is 148 Å². The summed E-state index contributed by atoms with van der Waals surface area (Å²) in [5, 5.41) is 22.6. The minimum atomic E-state index is 0.567. The van der Waals surface area contributed by atoms with Crippen LogP contribution >= 0.6 is 0 Å². The Morgan fingerprint density at radius 3 is 1.53 bits per heavy atom. The normalized spacial score (nSPS) is 10.9. The van der Waals surface area contributed by atoms with E-state index in [0.29, 0.717) is 17.6 Å². The molecule has 6 rings (SSSR count). The van der Waals surface area contributed by atoms with E-state index in [4.69, 9.17) is 17.4 Å². The van der Waals surface area contributed by atoms with Crippen LogP contribution in [0.2, 0.25) is 0 Å². The highest BCUT2D eigenvalue weighted by molar-refractivity contribution is 5.79. The predicted molar refractivity (Wildman–Crippen MR) is 202 cm³/mol. The van der Waals surface area contributed by atoms with Crippen molar-refractivity contribution < 1.29 is 13.7 Å². The number of hydrogen-bond donors (Lipinski definition) is 3. The summed E-state index contributed by atoms with van der Waals surface area (Å²) in [6.45, 7) is 0. The van der Waals surface area contributed by atoms with E-state index in [1.54, 1.807) is 52.0 Å². The molecule has 0 radical (unpaired) electrons. The second-order valence-corrected chi connectivity index (χ2v) is 11.5. The zero-order valence-electron chi connectivity index (χ0n) is 29.8. The largest absolute Gasteiger partial charge is 0.442 e. The third-order valence-electron chi connectivity index (χ3n) is 7.28. The maximum absolute atomic E-state index is 5.70. The topological polar surface area (TPSA) is 168 Å². The highest BCUT2D eigenvalue weighted by Crippen LogP contribution is 2.20. The number of azo groups is 2. The van der Waals surface area contributed by atoms with Crippen LogP contribution < -0.4 is 41.0 Å². The Kier molecular flexibility index (Phi) is 13.1. The van der Waals surface area contributed by atoms with Gasteiger partial charge in [0.25, 0.3) is 0 Å². The van der Waals surface area contributed by atoms with Crippen LogP contribution in [0.3, 0.4) is 0 Å². The summed E-state index contributed by atoms with van der Waals surface area (Å²) in [5.41, 5.74) is 11.1.